The zero-order valence-corrected chi connectivity index (χ0v) is 7.65. The summed E-state index contributed by atoms with van der Waals surface area (Å²) in [5, 5.41) is 0.152. The Balaban J connectivity index is 2.61. The smallest absolute Gasteiger partial charge is 0.311 e. The van der Waals surface area contributed by atoms with Gasteiger partial charge in [-0.2, -0.15) is 0 Å². The topological polar surface area (TPSA) is 26.3 Å². The van der Waals surface area contributed by atoms with Crippen molar-refractivity contribution in [3.8, 4) is 0 Å². The lowest BCUT2D eigenvalue weighted by molar-refractivity contribution is -0.151. The maximum atomic E-state index is 11.2. The number of esters is 1. The first kappa shape index (κ1) is 8.85. The highest BCUT2D eigenvalue weighted by Gasteiger charge is 2.41. The molecule has 1 rings (SSSR count). The second kappa shape index (κ2) is 3.02. The Bertz CT molecular complexity index is 169. The summed E-state index contributed by atoms with van der Waals surface area (Å²) in [5.74, 6) is -0.124. The summed E-state index contributed by atoms with van der Waals surface area (Å²) in [7, 11) is 1.43. The Kier molecular flexibility index (Phi) is 2.43. The fraction of sp³-hybridized carbons (Fsp3) is 0.875. The number of alkyl halides is 1. The molecule has 1 aliphatic carbocycles. The maximum Gasteiger partial charge on any atom is 0.311 e. The standard InChI is InChI=1S/C8H13ClO2/c1-8(7(10)11-2)4-3-6(9)5-8/h6H,3-5H2,1-2H3/t6-,8-/m0/s1. The van der Waals surface area contributed by atoms with E-state index in [9.17, 15) is 4.79 Å². The van der Waals surface area contributed by atoms with Crippen molar-refractivity contribution in [2.45, 2.75) is 31.6 Å². The molecule has 0 aromatic carbocycles. The lowest BCUT2D eigenvalue weighted by Crippen LogP contribution is -2.26. The average molecular weight is 177 g/mol. The highest BCUT2D eigenvalue weighted by molar-refractivity contribution is 6.21. The van der Waals surface area contributed by atoms with Crippen molar-refractivity contribution in [3.05, 3.63) is 0 Å². The quantitative estimate of drug-likeness (QED) is 0.451. The van der Waals surface area contributed by atoms with Gasteiger partial charge in [0.15, 0.2) is 0 Å². The molecule has 0 saturated heterocycles. The Labute approximate surface area is 71.9 Å². The SMILES string of the molecule is COC(=O)[C@@]1(C)CC[C@H](Cl)C1. The van der Waals surface area contributed by atoms with Gasteiger partial charge in [0.25, 0.3) is 0 Å². The van der Waals surface area contributed by atoms with Crippen molar-refractivity contribution in [1.29, 1.82) is 0 Å². The molecule has 3 heteroatoms. The van der Waals surface area contributed by atoms with E-state index in [1.807, 2.05) is 6.92 Å². The first-order valence-corrected chi connectivity index (χ1v) is 4.24. The summed E-state index contributed by atoms with van der Waals surface area (Å²) in [4.78, 5) is 11.2. The summed E-state index contributed by atoms with van der Waals surface area (Å²) in [5.41, 5.74) is -0.318. The van der Waals surface area contributed by atoms with Gasteiger partial charge in [-0.15, -0.1) is 11.6 Å². The summed E-state index contributed by atoms with van der Waals surface area (Å²) in [6.07, 6.45) is 2.53. The summed E-state index contributed by atoms with van der Waals surface area (Å²) in [6.45, 7) is 1.92. The number of halogens is 1. The molecule has 64 valence electrons. The Morgan fingerprint density at radius 1 is 1.73 bits per heavy atom. The molecule has 1 saturated carbocycles. The molecule has 0 heterocycles. The van der Waals surface area contributed by atoms with E-state index in [2.05, 4.69) is 4.74 Å². The van der Waals surface area contributed by atoms with Crippen molar-refractivity contribution in [2.75, 3.05) is 7.11 Å². The van der Waals surface area contributed by atoms with E-state index in [0.29, 0.717) is 0 Å². The van der Waals surface area contributed by atoms with Crippen LogP contribution in [0.15, 0.2) is 0 Å². The highest BCUT2D eigenvalue weighted by atomic mass is 35.5. The molecule has 1 aliphatic rings. The van der Waals surface area contributed by atoms with Crippen molar-refractivity contribution in [3.63, 3.8) is 0 Å². The molecule has 0 unspecified atom stereocenters. The van der Waals surface area contributed by atoms with Crippen LogP contribution in [0, 0.1) is 5.41 Å². The molecule has 0 aliphatic heterocycles. The van der Waals surface area contributed by atoms with Gasteiger partial charge in [-0.1, -0.05) is 0 Å². The van der Waals surface area contributed by atoms with Gasteiger partial charge in [0.1, 0.15) is 0 Å². The monoisotopic (exact) mass is 176 g/mol. The molecule has 0 N–H and O–H groups in total. The van der Waals surface area contributed by atoms with Crippen LogP contribution in [0.25, 0.3) is 0 Å². The zero-order chi connectivity index (χ0) is 8.48. The van der Waals surface area contributed by atoms with Crippen molar-refractivity contribution in [2.24, 2.45) is 5.41 Å². The van der Waals surface area contributed by atoms with Gasteiger partial charge in [0.2, 0.25) is 0 Å². The number of ether oxygens (including phenoxy) is 1. The van der Waals surface area contributed by atoms with Crippen LogP contribution in [0.5, 0.6) is 0 Å². The third-order valence-electron chi connectivity index (χ3n) is 2.36. The Morgan fingerprint density at radius 3 is 2.73 bits per heavy atom. The van der Waals surface area contributed by atoms with E-state index in [1.54, 1.807) is 0 Å². The minimum absolute atomic E-state index is 0.124. The van der Waals surface area contributed by atoms with Gasteiger partial charge < -0.3 is 4.74 Å². The normalized spacial score (nSPS) is 37.2. The minimum Gasteiger partial charge on any atom is -0.469 e. The molecule has 0 spiro atoms. The van der Waals surface area contributed by atoms with Crippen molar-refractivity contribution < 1.29 is 9.53 Å². The second-order valence-electron chi connectivity index (χ2n) is 3.39. The molecule has 0 bridgehead atoms. The minimum atomic E-state index is -0.318. The molecule has 2 atom stereocenters. The first-order valence-electron chi connectivity index (χ1n) is 3.81. The van der Waals surface area contributed by atoms with Gasteiger partial charge in [-0.05, 0) is 26.2 Å². The fourth-order valence-corrected chi connectivity index (χ4v) is 2.05. The fourth-order valence-electron chi connectivity index (χ4n) is 1.60. The molecule has 0 radical (unpaired) electrons. The number of hydrogen-bond donors (Lipinski definition) is 0. The van der Waals surface area contributed by atoms with Gasteiger partial charge in [-0.3, -0.25) is 4.79 Å². The van der Waals surface area contributed by atoms with E-state index in [4.69, 9.17) is 11.6 Å². The number of carbonyl (C=O) groups excluding carboxylic acids is 1. The van der Waals surface area contributed by atoms with Crippen molar-refractivity contribution >= 4 is 17.6 Å². The van der Waals surface area contributed by atoms with Crippen LogP contribution in [0.3, 0.4) is 0 Å². The van der Waals surface area contributed by atoms with Gasteiger partial charge in [0, 0.05) is 5.38 Å². The molecule has 2 nitrogen and oxygen atoms in total. The average Bonchev–Trinajstić information content (AvgIpc) is 2.31. The summed E-state index contributed by atoms with van der Waals surface area (Å²) >= 11 is 5.89. The lowest BCUT2D eigenvalue weighted by atomic mass is 9.89. The Morgan fingerprint density at radius 2 is 2.36 bits per heavy atom. The predicted octanol–water partition coefficient (Wildman–Crippen LogP) is 1.96. The number of methoxy groups -OCH3 is 1. The van der Waals surface area contributed by atoms with E-state index in [0.717, 1.165) is 19.3 Å². The number of carbonyl (C=O) groups is 1. The summed E-state index contributed by atoms with van der Waals surface area (Å²) < 4.78 is 4.69. The first-order chi connectivity index (χ1) is 5.08. The summed E-state index contributed by atoms with van der Waals surface area (Å²) in [6, 6.07) is 0. The van der Waals surface area contributed by atoms with Crippen LogP contribution in [-0.2, 0) is 9.53 Å². The molecule has 0 aromatic heterocycles. The van der Waals surface area contributed by atoms with Gasteiger partial charge in [0.05, 0.1) is 12.5 Å². The van der Waals surface area contributed by atoms with E-state index < -0.39 is 0 Å². The zero-order valence-electron chi connectivity index (χ0n) is 6.89. The highest BCUT2D eigenvalue weighted by Crippen LogP contribution is 2.40. The van der Waals surface area contributed by atoms with E-state index in [-0.39, 0.29) is 16.8 Å². The molecule has 1 fully saturated rings. The van der Waals surface area contributed by atoms with E-state index >= 15 is 0 Å². The van der Waals surface area contributed by atoms with Crippen LogP contribution >= 0.6 is 11.6 Å². The third kappa shape index (κ3) is 1.67. The molecular formula is C8H13ClO2. The van der Waals surface area contributed by atoms with Crippen LogP contribution < -0.4 is 0 Å². The van der Waals surface area contributed by atoms with Crippen LogP contribution in [-0.4, -0.2) is 18.5 Å². The van der Waals surface area contributed by atoms with Crippen LogP contribution in [0.2, 0.25) is 0 Å². The predicted molar refractivity (Wildman–Crippen MR) is 43.6 cm³/mol. The molecule has 11 heavy (non-hydrogen) atoms. The number of hydrogen-bond acceptors (Lipinski definition) is 2. The van der Waals surface area contributed by atoms with Gasteiger partial charge in [-0.25, -0.2) is 0 Å². The van der Waals surface area contributed by atoms with Crippen LogP contribution in [0.1, 0.15) is 26.2 Å². The number of rotatable bonds is 1. The lowest BCUT2D eigenvalue weighted by Gasteiger charge is -2.19. The van der Waals surface area contributed by atoms with E-state index in [1.165, 1.54) is 7.11 Å². The van der Waals surface area contributed by atoms with Crippen molar-refractivity contribution in [1.82, 2.24) is 0 Å². The maximum absolute atomic E-state index is 11.2. The third-order valence-corrected chi connectivity index (χ3v) is 2.73. The molecule has 0 amide bonds. The molecule has 0 aromatic rings. The largest absolute Gasteiger partial charge is 0.469 e. The van der Waals surface area contributed by atoms with Crippen LogP contribution in [0.4, 0.5) is 0 Å². The second-order valence-corrected chi connectivity index (χ2v) is 4.01. The van der Waals surface area contributed by atoms with Gasteiger partial charge >= 0.3 is 5.97 Å². The Hall–Kier alpha value is -0.240. The molecular weight excluding hydrogens is 164 g/mol.